The van der Waals surface area contributed by atoms with E-state index in [9.17, 15) is 0 Å². The van der Waals surface area contributed by atoms with Crippen molar-refractivity contribution in [2.75, 3.05) is 0 Å². The van der Waals surface area contributed by atoms with Crippen molar-refractivity contribution >= 4 is 0 Å². The van der Waals surface area contributed by atoms with Crippen molar-refractivity contribution in [2.24, 2.45) is 0 Å². The molecular formula is C10H14. The van der Waals surface area contributed by atoms with E-state index in [1.807, 2.05) is 32.1 Å². The van der Waals surface area contributed by atoms with E-state index >= 15 is 0 Å². The van der Waals surface area contributed by atoms with Crippen molar-refractivity contribution in [1.82, 2.24) is 0 Å². The first-order valence-corrected chi connectivity index (χ1v) is 3.33. The van der Waals surface area contributed by atoms with Crippen LogP contribution in [-0.4, -0.2) is 0 Å². The summed E-state index contributed by atoms with van der Waals surface area (Å²) in [6.07, 6.45) is 7.69. The Morgan fingerprint density at radius 1 is 1.40 bits per heavy atom. The Morgan fingerprint density at radius 2 is 2.00 bits per heavy atom. The fourth-order valence-electron chi connectivity index (χ4n) is 0.657. The summed E-state index contributed by atoms with van der Waals surface area (Å²) < 4.78 is 0. The number of hydrogen-bond acceptors (Lipinski definition) is 0. The molecule has 0 aromatic rings. The summed E-state index contributed by atoms with van der Waals surface area (Å²) in [4.78, 5) is 0. The zero-order chi connectivity index (χ0) is 7.98. The monoisotopic (exact) mass is 134 g/mol. The lowest BCUT2D eigenvalue weighted by molar-refractivity contribution is 1.43. The number of allylic oxidation sites excluding steroid dienone is 6. The number of hydrogen-bond donors (Lipinski definition) is 0. The van der Waals surface area contributed by atoms with Gasteiger partial charge in [0, 0.05) is 0 Å². The van der Waals surface area contributed by atoms with Gasteiger partial charge in [0.2, 0.25) is 0 Å². The molecule has 0 amide bonds. The van der Waals surface area contributed by atoms with E-state index in [1.165, 1.54) is 5.57 Å². The summed E-state index contributed by atoms with van der Waals surface area (Å²) >= 11 is 0. The minimum atomic E-state index is 1.08. The Morgan fingerprint density at radius 3 is 2.30 bits per heavy atom. The van der Waals surface area contributed by atoms with E-state index in [4.69, 9.17) is 0 Å². The quantitative estimate of drug-likeness (QED) is 0.520. The van der Waals surface area contributed by atoms with Crippen molar-refractivity contribution in [3.63, 3.8) is 0 Å². The molecule has 54 valence electrons. The summed E-state index contributed by atoms with van der Waals surface area (Å²) in [5.74, 6) is 0. The maximum atomic E-state index is 3.83. The van der Waals surface area contributed by atoms with Gasteiger partial charge in [-0.2, -0.15) is 0 Å². The molecule has 0 radical (unpaired) electrons. The van der Waals surface area contributed by atoms with Crippen LogP contribution in [0.25, 0.3) is 0 Å². The molecule has 0 N–H and O–H groups in total. The Bertz CT molecular complexity index is 180. The average molecular weight is 134 g/mol. The fraction of sp³-hybridized carbons (Fsp3) is 0.200. The molecule has 0 saturated heterocycles. The van der Waals surface area contributed by atoms with Crippen LogP contribution in [0.4, 0.5) is 0 Å². The molecule has 0 aliphatic carbocycles. The highest BCUT2D eigenvalue weighted by molar-refractivity contribution is 5.36. The second-order valence-corrected chi connectivity index (χ2v) is 2.12. The van der Waals surface area contributed by atoms with Gasteiger partial charge in [0.1, 0.15) is 0 Å². The molecule has 0 atom stereocenters. The summed E-state index contributed by atoms with van der Waals surface area (Å²) in [5, 5.41) is 0. The molecule has 0 aromatic carbocycles. The van der Waals surface area contributed by atoms with Gasteiger partial charge >= 0.3 is 0 Å². The Balaban J connectivity index is 4.25. The van der Waals surface area contributed by atoms with Gasteiger partial charge in [-0.15, -0.1) is 0 Å². The first-order valence-electron chi connectivity index (χ1n) is 3.33. The molecule has 0 rings (SSSR count). The van der Waals surface area contributed by atoms with Gasteiger partial charge in [0.05, 0.1) is 0 Å². The topological polar surface area (TPSA) is 0 Å². The molecule has 0 heteroatoms. The van der Waals surface area contributed by atoms with Crippen molar-refractivity contribution in [3.05, 3.63) is 48.6 Å². The molecular weight excluding hydrogens is 120 g/mol. The highest BCUT2D eigenvalue weighted by Crippen LogP contribution is 2.07. The normalized spacial score (nSPS) is 12.0. The van der Waals surface area contributed by atoms with E-state index < -0.39 is 0 Å². The van der Waals surface area contributed by atoms with Crippen LogP contribution < -0.4 is 0 Å². The van der Waals surface area contributed by atoms with Crippen molar-refractivity contribution < 1.29 is 0 Å². The summed E-state index contributed by atoms with van der Waals surface area (Å²) in [5.41, 5.74) is 2.25. The van der Waals surface area contributed by atoms with Crippen LogP contribution in [0.5, 0.6) is 0 Å². The van der Waals surface area contributed by atoms with Gasteiger partial charge in [0.25, 0.3) is 0 Å². The second kappa shape index (κ2) is 4.80. The van der Waals surface area contributed by atoms with Gasteiger partial charge in [-0.25, -0.2) is 0 Å². The first-order chi connectivity index (χ1) is 4.72. The van der Waals surface area contributed by atoms with Gasteiger partial charge in [-0.1, -0.05) is 43.0 Å². The fourth-order valence-corrected chi connectivity index (χ4v) is 0.657. The van der Waals surface area contributed by atoms with E-state index in [0.29, 0.717) is 0 Å². The predicted molar refractivity (Wildman–Crippen MR) is 47.9 cm³/mol. The molecule has 0 aromatic heterocycles. The largest absolute Gasteiger partial charge is 0.0991 e. The van der Waals surface area contributed by atoms with Crippen LogP contribution in [0, 0.1) is 0 Å². The highest BCUT2D eigenvalue weighted by Gasteiger charge is 1.86. The van der Waals surface area contributed by atoms with Crippen molar-refractivity contribution in [1.29, 1.82) is 0 Å². The Labute approximate surface area is 63.3 Å². The van der Waals surface area contributed by atoms with E-state index in [2.05, 4.69) is 13.2 Å². The Hall–Kier alpha value is -1.04. The molecule has 0 unspecified atom stereocenters. The predicted octanol–water partition coefficient (Wildman–Crippen LogP) is 3.25. The maximum Gasteiger partial charge on any atom is -0.0276 e. The van der Waals surface area contributed by atoms with E-state index in [-0.39, 0.29) is 0 Å². The number of rotatable bonds is 3. The van der Waals surface area contributed by atoms with Crippen LogP contribution in [0.3, 0.4) is 0 Å². The van der Waals surface area contributed by atoms with Crippen LogP contribution in [-0.2, 0) is 0 Å². The Kier molecular flexibility index (Phi) is 4.30. The second-order valence-electron chi connectivity index (χ2n) is 2.12. The van der Waals surface area contributed by atoms with Crippen molar-refractivity contribution in [3.8, 4) is 0 Å². The molecule has 0 aliphatic rings. The SMILES string of the molecule is C=C/C=C\C(=C/C)C(=C)C. The van der Waals surface area contributed by atoms with Crippen LogP contribution in [0.2, 0.25) is 0 Å². The zero-order valence-corrected chi connectivity index (χ0v) is 6.72. The zero-order valence-electron chi connectivity index (χ0n) is 6.72. The van der Waals surface area contributed by atoms with Crippen LogP contribution in [0.15, 0.2) is 48.6 Å². The standard InChI is InChI=1S/C10H14/c1-5-7-8-10(6-2)9(3)4/h5-8H,1,3H2,2,4H3/b8-7-,10-6+. The van der Waals surface area contributed by atoms with Gasteiger partial charge < -0.3 is 0 Å². The molecule has 10 heavy (non-hydrogen) atoms. The smallest absolute Gasteiger partial charge is 0.0276 e. The lowest BCUT2D eigenvalue weighted by Gasteiger charge is -1.96. The minimum absolute atomic E-state index is 1.08. The van der Waals surface area contributed by atoms with E-state index in [0.717, 1.165) is 5.57 Å². The molecule has 0 bridgehead atoms. The maximum absolute atomic E-state index is 3.83. The molecule has 0 spiro atoms. The summed E-state index contributed by atoms with van der Waals surface area (Å²) in [6.45, 7) is 11.4. The van der Waals surface area contributed by atoms with Gasteiger partial charge in [-0.05, 0) is 19.4 Å². The van der Waals surface area contributed by atoms with Gasteiger partial charge in [0.15, 0.2) is 0 Å². The van der Waals surface area contributed by atoms with E-state index in [1.54, 1.807) is 6.08 Å². The first kappa shape index (κ1) is 8.96. The van der Waals surface area contributed by atoms with Gasteiger partial charge in [-0.3, -0.25) is 0 Å². The summed E-state index contributed by atoms with van der Waals surface area (Å²) in [6, 6.07) is 0. The minimum Gasteiger partial charge on any atom is -0.0991 e. The molecule has 0 saturated carbocycles. The molecule has 0 fully saturated rings. The van der Waals surface area contributed by atoms with Crippen LogP contribution >= 0.6 is 0 Å². The molecule has 0 nitrogen and oxygen atoms in total. The third-order valence-corrected chi connectivity index (χ3v) is 1.22. The third kappa shape index (κ3) is 3.08. The third-order valence-electron chi connectivity index (χ3n) is 1.22. The molecule has 0 aliphatic heterocycles. The molecule has 0 heterocycles. The summed E-state index contributed by atoms with van der Waals surface area (Å²) in [7, 11) is 0. The lowest BCUT2D eigenvalue weighted by Crippen LogP contribution is -1.75. The van der Waals surface area contributed by atoms with Crippen molar-refractivity contribution in [2.45, 2.75) is 13.8 Å². The van der Waals surface area contributed by atoms with Crippen LogP contribution in [0.1, 0.15) is 13.8 Å². The highest BCUT2D eigenvalue weighted by atomic mass is 13.9. The lowest BCUT2D eigenvalue weighted by atomic mass is 10.1. The average Bonchev–Trinajstić information content (AvgIpc) is 1.89.